The summed E-state index contributed by atoms with van der Waals surface area (Å²) in [5, 5.41) is 3.70. The number of hydrogen-bond acceptors (Lipinski definition) is 7. The van der Waals surface area contributed by atoms with Gasteiger partial charge >= 0.3 is 5.97 Å². The fourth-order valence-corrected chi connectivity index (χ4v) is 4.84. The van der Waals surface area contributed by atoms with Crippen LogP contribution in [0.5, 0.6) is 5.75 Å². The number of para-hydroxylation sites is 1. The molecule has 1 aliphatic heterocycles. The Morgan fingerprint density at radius 1 is 1.17 bits per heavy atom. The first-order valence-corrected chi connectivity index (χ1v) is 12.3. The molecule has 0 fully saturated rings. The smallest absolute Gasteiger partial charge is 0.340 e. The van der Waals surface area contributed by atoms with Gasteiger partial charge in [0.1, 0.15) is 12.3 Å². The van der Waals surface area contributed by atoms with Gasteiger partial charge in [0.15, 0.2) is 6.10 Å². The van der Waals surface area contributed by atoms with E-state index >= 15 is 0 Å². The predicted octanol–water partition coefficient (Wildman–Crippen LogP) is 4.75. The van der Waals surface area contributed by atoms with Gasteiger partial charge in [-0.25, -0.2) is 9.78 Å². The Hall–Kier alpha value is -3.72. The third-order valence-electron chi connectivity index (χ3n) is 5.61. The van der Waals surface area contributed by atoms with Gasteiger partial charge < -0.3 is 14.8 Å². The highest BCUT2D eigenvalue weighted by Gasteiger charge is 2.35. The Morgan fingerprint density at radius 3 is 2.63 bits per heavy atom. The van der Waals surface area contributed by atoms with Crippen LogP contribution in [0, 0.1) is 13.8 Å². The Labute approximate surface area is 207 Å². The topological polar surface area (TPSA) is 97.8 Å². The summed E-state index contributed by atoms with van der Waals surface area (Å²) in [5.74, 6) is -0.730. The first-order valence-electron chi connectivity index (χ1n) is 11.4. The maximum absolute atomic E-state index is 13.2. The normalized spacial score (nSPS) is 14.8. The van der Waals surface area contributed by atoms with Crippen molar-refractivity contribution in [2.45, 2.75) is 40.2 Å². The second-order valence-electron chi connectivity index (χ2n) is 8.07. The quantitative estimate of drug-likeness (QED) is 0.477. The number of nitrogens with one attached hydrogen (secondary N) is 1. The van der Waals surface area contributed by atoms with E-state index in [4.69, 9.17) is 9.47 Å². The highest BCUT2D eigenvalue weighted by atomic mass is 32.1. The second kappa shape index (κ2) is 10.3. The van der Waals surface area contributed by atoms with E-state index in [9.17, 15) is 14.4 Å². The van der Waals surface area contributed by atoms with Crippen LogP contribution in [-0.2, 0) is 14.3 Å². The molecule has 4 rings (SSSR count). The summed E-state index contributed by atoms with van der Waals surface area (Å²) >= 11 is 1.60. The summed E-state index contributed by atoms with van der Waals surface area (Å²) in [4.78, 5) is 45.7. The Kier molecular flexibility index (Phi) is 7.16. The number of rotatable bonds is 7. The van der Waals surface area contributed by atoms with E-state index in [1.54, 1.807) is 42.5 Å². The SMILES string of the molecule is CCOC(=O)c1ccccc1NC(=O)CN1C(=O)C(CC)Oc2ccc(-c3nc(C)sc3C)cc21. The van der Waals surface area contributed by atoms with E-state index < -0.39 is 18.0 Å². The number of esters is 1. The largest absolute Gasteiger partial charge is 0.478 e. The molecule has 3 aromatic rings. The lowest BCUT2D eigenvalue weighted by atomic mass is 10.1. The van der Waals surface area contributed by atoms with E-state index in [0.29, 0.717) is 23.5 Å². The lowest BCUT2D eigenvalue weighted by molar-refractivity contribution is -0.128. The number of hydrogen-bond donors (Lipinski definition) is 1. The molecule has 1 atom stereocenters. The number of aryl methyl sites for hydroxylation is 2. The zero-order valence-electron chi connectivity index (χ0n) is 20.1. The fraction of sp³-hybridized carbons (Fsp3) is 0.308. The number of carbonyl (C=O) groups excluding carboxylic acids is 3. The van der Waals surface area contributed by atoms with E-state index in [2.05, 4.69) is 10.3 Å². The summed E-state index contributed by atoms with van der Waals surface area (Å²) in [6.07, 6.45) is -0.218. The minimum Gasteiger partial charge on any atom is -0.478 e. The monoisotopic (exact) mass is 493 g/mol. The lowest BCUT2D eigenvalue weighted by Crippen LogP contribution is -2.48. The Morgan fingerprint density at radius 2 is 1.94 bits per heavy atom. The van der Waals surface area contributed by atoms with Crippen molar-refractivity contribution >= 4 is 40.5 Å². The summed E-state index contributed by atoms with van der Waals surface area (Å²) < 4.78 is 11.0. The van der Waals surface area contributed by atoms with Crippen LogP contribution in [0.15, 0.2) is 42.5 Å². The molecule has 0 bridgehead atoms. The van der Waals surface area contributed by atoms with Crippen LogP contribution in [-0.4, -0.2) is 42.0 Å². The Bertz CT molecular complexity index is 1290. The zero-order chi connectivity index (χ0) is 25.1. The van der Waals surface area contributed by atoms with Crippen LogP contribution in [0.3, 0.4) is 0 Å². The molecule has 2 aromatic carbocycles. The molecule has 0 radical (unpaired) electrons. The van der Waals surface area contributed by atoms with E-state index in [0.717, 1.165) is 21.1 Å². The molecule has 8 nitrogen and oxygen atoms in total. The van der Waals surface area contributed by atoms with Crippen LogP contribution in [0.4, 0.5) is 11.4 Å². The number of ether oxygens (including phenoxy) is 2. The van der Waals surface area contributed by atoms with Gasteiger partial charge in [-0.05, 0) is 57.5 Å². The third kappa shape index (κ3) is 5.05. The van der Waals surface area contributed by atoms with Gasteiger partial charge in [-0.15, -0.1) is 11.3 Å². The molecule has 0 saturated carbocycles. The van der Waals surface area contributed by atoms with Crippen molar-refractivity contribution in [3.63, 3.8) is 0 Å². The van der Waals surface area contributed by atoms with Gasteiger partial charge in [-0.2, -0.15) is 0 Å². The fourth-order valence-electron chi connectivity index (χ4n) is 4.00. The lowest BCUT2D eigenvalue weighted by Gasteiger charge is -2.34. The van der Waals surface area contributed by atoms with Gasteiger partial charge in [0, 0.05) is 10.4 Å². The molecule has 1 unspecified atom stereocenters. The molecule has 35 heavy (non-hydrogen) atoms. The van der Waals surface area contributed by atoms with Crippen molar-refractivity contribution in [2.24, 2.45) is 0 Å². The third-order valence-corrected chi connectivity index (χ3v) is 6.49. The van der Waals surface area contributed by atoms with Gasteiger partial charge in [0.25, 0.3) is 5.91 Å². The molecule has 0 aliphatic carbocycles. The maximum Gasteiger partial charge on any atom is 0.340 e. The first kappa shape index (κ1) is 24.4. The van der Waals surface area contributed by atoms with E-state index in [1.807, 2.05) is 39.0 Å². The van der Waals surface area contributed by atoms with Gasteiger partial charge in [-0.3, -0.25) is 14.5 Å². The summed E-state index contributed by atoms with van der Waals surface area (Å²) in [6, 6.07) is 12.2. The molecule has 0 spiro atoms. The number of amides is 2. The minimum atomic E-state index is -0.684. The first-order chi connectivity index (χ1) is 16.8. The van der Waals surface area contributed by atoms with Gasteiger partial charge in [0.2, 0.25) is 5.91 Å². The molecule has 1 N–H and O–H groups in total. The second-order valence-corrected chi connectivity index (χ2v) is 9.48. The van der Waals surface area contributed by atoms with Crippen molar-refractivity contribution in [1.29, 1.82) is 0 Å². The van der Waals surface area contributed by atoms with Crippen molar-refractivity contribution in [1.82, 2.24) is 4.98 Å². The molecule has 0 saturated heterocycles. The highest BCUT2D eigenvalue weighted by Crippen LogP contribution is 2.39. The van der Waals surface area contributed by atoms with Gasteiger partial charge in [0.05, 0.1) is 34.2 Å². The molecule has 182 valence electrons. The Balaban J connectivity index is 1.64. The molecule has 1 aliphatic rings. The predicted molar refractivity (Wildman–Crippen MR) is 135 cm³/mol. The molecular formula is C26H27N3O5S. The zero-order valence-corrected chi connectivity index (χ0v) is 20.9. The highest BCUT2D eigenvalue weighted by molar-refractivity contribution is 7.11. The molecular weight excluding hydrogens is 466 g/mol. The number of thiazole rings is 1. The molecule has 9 heteroatoms. The van der Waals surface area contributed by atoms with E-state index in [-0.39, 0.29) is 24.6 Å². The van der Waals surface area contributed by atoms with Crippen LogP contribution >= 0.6 is 11.3 Å². The molecule has 2 heterocycles. The van der Waals surface area contributed by atoms with Crippen LogP contribution in [0.2, 0.25) is 0 Å². The minimum absolute atomic E-state index is 0.221. The van der Waals surface area contributed by atoms with Crippen LogP contribution < -0.4 is 15.0 Å². The van der Waals surface area contributed by atoms with E-state index in [1.165, 1.54) is 4.90 Å². The molecule has 2 amide bonds. The number of fused-ring (bicyclic) bond motifs is 1. The number of carbonyl (C=O) groups is 3. The summed E-state index contributed by atoms with van der Waals surface area (Å²) in [5.41, 5.74) is 2.77. The van der Waals surface area contributed by atoms with Crippen LogP contribution in [0.25, 0.3) is 11.3 Å². The summed E-state index contributed by atoms with van der Waals surface area (Å²) in [6.45, 7) is 7.51. The average Bonchev–Trinajstić information content (AvgIpc) is 3.18. The van der Waals surface area contributed by atoms with Gasteiger partial charge in [-0.1, -0.05) is 19.1 Å². The van der Waals surface area contributed by atoms with Crippen molar-refractivity contribution in [3.8, 4) is 17.0 Å². The van der Waals surface area contributed by atoms with Crippen molar-refractivity contribution < 1.29 is 23.9 Å². The standard InChI is InChI=1S/C26H27N3O5S/c1-5-21-25(31)29(14-23(30)28-19-10-8-7-9-18(19)26(32)33-6-2)20-13-17(11-12-22(20)34-21)24-15(3)35-16(4)27-24/h7-13,21H,5-6,14H2,1-4H3,(H,28,30). The van der Waals surface area contributed by atoms with Crippen molar-refractivity contribution in [3.05, 3.63) is 57.9 Å². The van der Waals surface area contributed by atoms with Crippen LogP contribution in [0.1, 0.15) is 40.5 Å². The summed E-state index contributed by atoms with van der Waals surface area (Å²) in [7, 11) is 0. The maximum atomic E-state index is 13.2. The average molecular weight is 494 g/mol. The molecule has 1 aromatic heterocycles. The number of benzene rings is 2. The van der Waals surface area contributed by atoms with Crippen molar-refractivity contribution in [2.75, 3.05) is 23.4 Å². The number of aromatic nitrogens is 1. The number of anilines is 2. The number of nitrogens with zero attached hydrogens (tertiary/aromatic N) is 2.